The molecule has 16 heavy (non-hydrogen) atoms. The van der Waals surface area contributed by atoms with Crippen molar-refractivity contribution in [2.45, 2.75) is 38.8 Å². The summed E-state index contributed by atoms with van der Waals surface area (Å²) in [5.41, 5.74) is 2.45. The molecular weight excluding hydrogens is 202 g/mol. The van der Waals surface area contributed by atoms with Crippen molar-refractivity contribution in [1.82, 2.24) is 15.3 Å². The van der Waals surface area contributed by atoms with Crippen molar-refractivity contribution in [3.05, 3.63) is 23.3 Å². The van der Waals surface area contributed by atoms with Crippen molar-refractivity contribution in [3.8, 4) is 0 Å². The van der Waals surface area contributed by atoms with Crippen LogP contribution in [0.5, 0.6) is 0 Å². The van der Waals surface area contributed by atoms with E-state index in [-0.39, 0.29) is 0 Å². The van der Waals surface area contributed by atoms with E-state index in [1.807, 2.05) is 20.2 Å². The standard InChI is InChI=1S/C12H19N3O/c1-3-16-8-12-14-7-9-10(13-2)5-4-6-11(9)15-12/h7,10,13H,3-6,8H2,1-2H3. The van der Waals surface area contributed by atoms with Gasteiger partial charge in [-0.15, -0.1) is 0 Å². The van der Waals surface area contributed by atoms with Crippen LogP contribution < -0.4 is 5.32 Å². The zero-order valence-corrected chi connectivity index (χ0v) is 9.99. The lowest BCUT2D eigenvalue weighted by Gasteiger charge is -2.24. The van der Waals surface area contributed by atoms with Gasteiger partial charge in [-0.05, 0) is 33.2 Å². The maximum absolute atomic E-state index is 5.32. The van der Waals surface area contributed by atoms with Crippen LogP contribution in [0.15, 0.2) is 6.20 Å². The summed E-state index contributed by atoms with van der Waals surface area (Å²) in [5.74, 6) is 0.803. The molecule has 4 heteroatoms. The van der Waals surface area contributed by atoms with Gasteiger partial charge < -0.3 is 10.1 Å². The largest absolute Gasteiger partial charge is 0.374 e. The number of aromatic nitrogens is 2. The fourth-order valence-corrected chi connectivity index (χ4v) is 2.15. The first-order valence-electron chi connectivity index (χ1n) is 5.94. The third kappa shape index (κ3) is 2.39. The van der Waals surface area contributed by atoms with Crippen LogP contribution in [0.2, 0.25) is 0 Å². The molecular formula is C12H19N3O. The zero-order valence-electron chi connectivity index (χ0n) is 9.99. The maximum atomic E-state index is 5.32. The second-order valence-corrected chi connectivity index (χ2v) is 4.06. The first-order chi connectivity index (χ1) is 7.85. The number of fused-ring (bicyclic) bond motifs is 1. The van der Waals surface area contributed by atoms with Crippen LogP contribution in [0, 0.1) is 0 Å². The zero-order chi connectivity index (χ0) is 11.4. The number of aryl methyl sites for hydroxylation is 1. The minimum absolute atomic E-state index is 0.421. The SMILES string of the molecule is CCOCc1ncc2c(n1)CCCC2NC. The second kappa shape index (κ2) is 5.37. The first kappa shape index (κ1) is 11.5. The van der Waals surface area contributed by atoms with Crippen molar-refractivity contribution < 1.29 is 4.74 Å². The Balaban J connectivity index is 2.18. The van der Waals surface area contributed by atoms with Gasteiger partial charge >= 0.3 is 0 Å². The highest BCUT2D eigenvalue weighted by atomic mass is 16.5. The average Bonchev–Trinajstić information content (AvgIpc) is 2.35. The topological polar surface area (TPSA) is 47.0 Å². The number of rotatable bonds is 4. The predicted molar refractivity (Wildman–Crippen MR) is 62.1 cm³/mol. The van der Waals surface area contributed by atoms with E-state index in [2.05, 4.69) is 15.3 Å². The van der Waals surface area contributed by atoms with Gasteiger partial charge in [-0.25, -0.2) is 9.97 Å². The van der Waals surface area contributed by atoms with E-state index in [0.717, 1.165) is 12.2 Å². The van der Waals surface area contributed by atoms with Gasteiger partial charge in [0.25, 0.3) is 0 Å². The van der Waals surface area contributed by atoms with Crippen molar-refractivity contribution >= 4 is 0 Å². The molecule has 0 aromatic carbocycles. The van der Waals surface area contributed by atoms with Crippen LogP contribution in [-0.2, 0) is 17.8 Å². The molecule has 0 aliphatic heterocycles. The van der Waals surface area contributed by atoms with E-state index in [0.29, 0.717) is 19.3 Å². The Bertz CT molecular complexity index is 354. The first-order valence-corrected chi connectivity index (χ1v) is 5.94. The highest BCUT2D eigenvalue weighted by molar-refractivity contribution is 5.24. The molecule has 0 amide bonds. The molecule has 0 radical (unpaired) electrons. The van der Waals surface area contributed by atoms with Gasteiger partial charge in [0, 0.05) is 30.1 Å². The van der Waals surface area contributed by atoms with Crippen LogP contribution in [-0.4, -0.2) is 23.6 Å². The molecule has 1 aliphatic carbocycles. The summed E-state index contributed by atoms with van der Waals surface area (Å²) in [6, 6.07) is 0.421. The van der Waals surface area contributed by atoms with Crippen LogP contribution in [0.4, 0.5) is 0 Å². The summed E-state index contributed by atoms with van der Waals surface area (Å²) >= 11 is 0. The fourth-order valence-electron chi connectivity index (χ4n) is 2.15. The molecule has 1 heterocycles. The smallest absolute Gasteiger partial charge is 0.154 e. The van der Waals surface area contributed by atoms with E-state index in [1.165, 1.54) is 24.1 Å². The van der Waals surface area contributed by atoms with E-state index < -0.39 is 0 Å². The summed E-state index contributed by atoms with van der Waals surface area (Å²) in [6.07, 6.45) is 5.40. The molecule has 1 aliphatic rings. The molecule has 0 bridgehead atoms. The third-order valence-corrected chi connectivity index (χ3v) is 3.02. The normalized spacial score (nSPS) is 19.5. The summed E-state index contributed by atoms with van der Waals surface area (Å²) in [5, 5.41) is 3.31. The Morgan fingerprint density at radius 1 is 1.56 bits per heavy atom. The van der Waals surface area contributed by atoms with Crippen LogP contribution in [0.3, 0.4) is 0 Å². The molecule has 1 unspecified atom stereocenters. The van der Waals surface area contributed by atoms with Gasteiger partial charge in [-0.1, -0.05) is 0 Å². The number of ether oxygens (including phenoxy) is 1. The van der Waals surface area contributed by atoms with E-state index in [1.54, 1.807) is 0 Å². The highest BCUT2D eigenvalue weighted by Crippen LogP contribution is 2.27. The lowest BCUT2D eigenvalue weighted by atomic mass is 9.92. The quantitative estimate of drug-likeness (QED) is 0.839. The Morgan fingerprint density at radius 3 is 3.19 bits per heavy atom. The molecule has 0 spiro atoms. The average molecular weight is 221 g/mol. The number of nitrogens with one attached hydrogen (secondary N) is 1. The maximum Gasteiger partial charge on any atom is 0.154 e. The summed E-state index contributed by atoms with van der Waals surface area (Å²) < 4.78 is 5.32. The fraction of sp³-hybridized carbons (Fsp3) is 0.667. The Kier molecular flexibility index (Phi) is 3.85. The van der Waals surface area contributed by atoms with Crippen molar-refractivity contribution in [1.29, 1.82) is 0 Å². The molecule has 0 saturated heterocycles. The number of hydrogen-bond donors (Lipinski definition) is 1. The summed E-state index contributed by atoms with van der Waals surface area (Å²) in [7, 11) is 1.99. The number of nitrogens with zero attached hydrogens (tertiary/aromatic N) is 2. The molecule has 2 rings (SSSR count). The molecule has 1 atom stereocenters. The highest BCUT2D eigenvalue weighted by Gasteiger charge is 2.20. The Morgan fingerprint density at radius 2 is 2.44 bits per heavy atom. The van der Waals surface area contributed by atoms with Gasteiger partial charge in [0.2, 0.25) is 0 Å². The van der Waals surface area contributed by atoms with Gasteiger partial charge in [-0.2, -0.15) is 0 Å². The molecule has 1 aromatic heterocycles. The van der Waals surface area contributed by atoms with Crippen LogP contribution in [0.25, 0.3) is 0 Å². The summed E-state index contributed by atoms with van der Waals surface area (Å²) in [6.45, 7) is 3.21. The van der Waals surface area contributed by atoms with E-state index in [9.17, 15) is 0 Å². The van der Waals surface area contributed by atoms with Crippen molar-refractivity contribution in [2.24, 2.45) is 0 Å². The van der Waals surface area contributed by atoms with Crippen molar-refractivity contribution in [3.63, 3.8) is 0 Å². The van der Waals surface area contributed by atoms with Crippen molar-refractivity contribution in [2.75, 3.05) is 13.7 Å². The monoisotopic (exact) mass is 221 g/mol. The summed E-state index contributed by atoms with van der Waals surface area (Å²) in [4.78, 5) is 8.92. The van der Waals surface area contributed by atoms with Gasteiger partial charge in [0.05, 0.1) is 0 Å². The minimum Gasteiger partial charge on any atom is -0.374 e. The second-order valence-electron chi connectivity index (χ2n) is 4.06. The third-order valence-electron chi connectivity index (χ3n) is 3.02. The van der Waals surface area contributed by atoms with Gasteiger partial charge in [0.15, 0.2) is 5.82 Å². The number of hydrogen-bond acceptors (Lipinski definition) is 4. The predicted octanol–water partition coefficient (Wildman–Crippen LogP) is 1.61. The van der Waals surface area contributed by atoms with Gasteiger partial charge in [-0.3, -0.25) is 0 Å². The van der Waals surface area contributed by atoms with Crippen LogP contribution in [0.1, 0.15) is 42.9 Å². The molecule has 4 nitrogen and oxygen atoms in total. The lowest BCUT2D eigenvalue weighted by Crippen LogP contribution is -2.23. The molecule has 0 saturated carbocycles. The van der Waals surface area contributed by atoms with Gasteiger partial charge in [0.1, 0.15) is 6.61 Å². The van der Waals surface area contributed by atoms with E-state index >= 15 is 0 Å². The lowest BCUT2D eigenvalue weighted by molar-refractivity contribution is 0.128. The van der Waals surface area contributed by atoms with E-state index in [4.69, 9.17) is 4.74 Å². The Hall–Kier alpha value is -1.00. The molecule has 1 N–H and O–H groups in total. The van der Waals surface area contributed by atoms with Crippen LogP contribution >= 0.6 is 0 Å². The Labute approximate surface area is 96.4 Å². The molecule has 0 fully saturated rings. The molecule has 1 aromatic rings. The molecule has 88 valence electrons. The minimum atomic E-state index is 0.421.